The normalized spacial score (nSPS) is 12.1. The molecule has 1 amide bonds. The van der Waals surface area contributed by atoms with E-state index >= 15 is 0 Å². The molecule has 1 atom stereocenters. The summed E-state index contributed by atoms with van der Waals surface area (Å²) in [4.78, 5) is 21.9. The molecule has 5 aromatic rings. The highest BCUT2D eigenvalue weighted by Crippen LogP contribution is 2.25. The van der Waals surface area contributed by atoms with Gasteiger partial charge in [-0.3, -0.25) is 4.79 Å². The number of hydrogen-bond acceptors (Lipinski definition) is 10. The Hall–Kier alpha value is -4.32. The van der Waals surface area contributed by atoms with E-state index in [0.717, 1.165) is 11.3 Å². The van der Waals surface area contributed by atoms with Crippen LogP contribution in [0.2, 0.25) is 0 Å². The van der Waals surface area contributed by atoms with Gasteiger partial charge in [-0.05, 0) is 37.6 Å². The minimum atomic E-state index is -0.514. The Morgan fingerprint density at radius 2 is 2.15 bits per heavy atom. The molecule has 0 radical (unpaired) electrons. The standard InChI is InChI=1S/C21H19N9O2S/c1-11-4-3-5-14(8-11)25-20-29-30-18(27-28-21(30)33-20)12(2)24-19(31)16-17(22)23-9-15(26-16)13-6-7-32-10-13/h3-10,12H,1-2H3,(H2,22,23)(H,24,31)(H,25,29)/t12-/m1/s1. The van der Waals surface area contributed by atoms with E-state index in [4.69, 9.17) is 10.2 Å². The Bertz CT molecular complexity index is 1440. The van der Waals surface area contributed by atoms with Crippen molar-refractivity contribution in [1.82, 2.24) is 35.1 Å². The van der Waals surface area contributed by atoms with Crippen LogP contribution >= 0.6 is 11.3 Å². The molecule has 33 heavy (non-hydrogen) atoms. The quantitative estimate of drug-likeness (QED) is 0.346. The average molecular weight is 462 g/mol. The predicted octanol–water partition coefficient (Wildman–Crippen LogP) is 3.36. The molecule has 0 saturated heterocycles. The van der Waals surface area contributed by atoms with Gasteiger partial charge in [0.1, 0.15) is 0 Å². The Morgan fingerprint density at radius 3 is 2.94 bits per heavy atom. The lowest BCUT2D eigenvalue weighted by Crippen LogP contribution is -2.30. The molecule has 0 unspecified atom stereocenters. The number of carbonyl (C=O) groups excluding carboxylic acids is 1. The van der Waals surface area contributed by atoms with Crippen LogP contribution in [0.3, 0.4) is 0 Å². The van der Waals surface area contributed by atoms with Crippen LogP contribution in [-0.2, 0) is 0 Å². The number of nitrogens with one attached hydrogen (secondary N) is 2. The van der Waals surface area contributed by atoms with Crippen LogP contribution in [0.25, 0.3) is 16.2 Å². The number of nitrogens with zero attached hydrogens (tertiary/aromatic N) is 6. The monoisotopic (exact) mass is 461 g/mol. The second kappa shape index (κ2) is 8.31. The minimum Gasteiger partial charge on any atom is -0.472 e. The van der Waals surface area contributed by atoms with Crippen LogP contribution in [0, 0.1) is 6.92 Å². The Balaban J connectivity index is 1.36. The summed E-state index contributed by atoms with van der Waals surface area (Å²) in [6.07, 6.45) is 4.52. The lowest BCUT2D eigenvalue weighted by Gasteiger charge is -2.12. The second-order valence-electron chi connectivity index (χ2n) is 7.35. The van der Waals surface area contributed by atoms with Crippen LogP contribution < -0.4 is 16.4 Å². The van der Waals surface area contributed by atoms with E-state index in [-0.39, 0.29) is 11.5 Å². The molecular weight excluding hydrogens is 442 g/mol. The number of aryl methyl sites for hydroxylation is 1. The van der Waals surface area contributed by atoms with Gasteiger partial charge in [0, 0.05) is 11.3 Å². The zero-order valence-corrected chi connectivity index (χ0v) is 18.5. The first-order chi connectivity index (χ1) is 16.0. The van der Waals surface area contributed by atoms with Crippen molar-refractivity contribution >= 4 is 38.8 Å². The Labute approximate surface area is 191 Å². The van der Waals surface area contributed by atoms with Gasteiger partial charge in [0.25, 0.3) is 5.91 Å². The molecule has 0 spiro atoms. The first-order valence-corrected chi connectivity index (χ1v) is 10.8. The molecule has 11 nitrogen and oxygen atoms in total. The number of benzene rings is 1. The summed E-state index contributed by atoms with van der Waals surface area (Å²) < 4.78 is 6.67. The smallest absolute Gasteiger partial charge is 0.274 e. The van der Waals surface area contributed by atoms with Crippen LogP contribution in [0.15, 0.2) is 53.5 Å². The number of hydrogen-bond donors (Lipinski definition) is 3. The zero-order chi connectivity index (χ0) is 22.9. The Morgan fingerprint density at radius 1 is 1.27 bits per heavy atom. The van der Waals surface area contributed by atoms with E-state index in [1.165, 1.54) is 30.1 Å². The van der Waals surface area contributed by atoms with E-state index in [1.807, 2.05) is 31.2 Å². The third kappa shape index (κ3) is 4.11. The van der Waals surface area contributed by atoms with Gasteiger partial charge in [-0.2, -0.15) is 4.52 Å². The summed E-state index contributed by atoms with van der Waals surface area (Å²) in [6.45, 7) is 3.80. The average Bonchev–Trinajstić information content (AvgIpc) is 3.51. The third-order valence-corrected chi connectivity index (χ3v) is 5.67. The van der Waals surface area contributed by atoms with Gasteiger partial charge < -0.3 is 20.8 Å². The van der Waals surface area contributed by atoms with Crippen molar-refractivity contribution in [3.8, 4) is 11.3 Å². The van der Waals surface area contributed by atoms with Gasteiger partial charge in [0.15, 0.2) is 17.3 Å². The molecule has 0 fully saturated rings. The number of furan rings is 1. The maximum atomic E-state index is 12.9. The summed E-state index contributed by atoms with van der Waals surface area (Å²) in [5.74, 6) is 0.0176. The number of aromatic nitrogens is 6. The summed E-state index contributed by atoms with van der Waals surface area (Å²) >= 11 is 1.36. The molecule has 166 valence electrons. The zero-order valence-electron chi connectivity index (χ0n) is 17.7. The number of anilines is 3. The molecule has 0 aliphatic rings. The number of nitrogens with two attached hydrogens (primary N) is 1. The Kier molecular flexibility index (Phi) is 5.18. The number of nitrogen functional groups attached to an aromatic ring is 1. The molecule has 0 aliphatic heterocycles. The molecule has 12 heteroatoms. The van der Waals surface area contributed by atoms with Crippen molar-refractivity contribution in [3.05, 3.63) is 66.1 Å². The molecule has 4 heterocycles. The van der Waals surface area contributed by atoms with E-state index in [0.29, 0.717) is 27.2 Å². The minimum absolute atomic E-state index is 0.0152. The summed E-state index contributed by atoms with van der Waals surface area (Å²) in [5, 5.41) is 19.7. The van der Waals surface area contributed by atoms with Crippen molar-refractivity contribution in [1.29, 1.82) is 0 Å². The molecule has 0 saturated carbocycles. The maximum Gasteiger partial charge on any atom is 0.274 e. The van der Waals surface area contributed by atoms with Gasteiger partial charge >= 0.3 is 0 Å². The second-order valence-corrected chi connectivity index (χ2v) is 8.31. The predicted molar refractivity (Wildman–Crippen MR) is 123 cm³/mol. The number of carbonyl (C=O) groups is 1. The molecule has 0 aliphatic carbocycles. The summed E-state index contributed by atoms with van der Waals surface area (Å²) in [5.41, 5.74) is 9.16. The lowest BCUT2D eigenvalue weighted by atomic mass is 10.2. The van der Waals surface area contributed by atoms with Crippen molar-refractivity contribution < 1.29 is 9.21 Å². The largest absolute Gasteiger partial charge is 0.472 e. The fraction of sp³-hybridized carbons (Fsp3) is 0.143. The SMILES string of the molecule is Cc1cccc(Nc2nn3c([C@@H](C)NC(=O)c4nc(-c5ccoc5)cnc4N)nnc3s2)c1. The highest BCUT2D eigenvalue weighted by Gasteiger charge is 2.22. The van der Waals surface area contributed by atoms with Gasteiger partial charge in [0.05, 0.1) is 30.5 Å². The third-order valence-electron chi connectivity index (χ3n) is 4.85. The molecular formula is C21H19N9O2S. The lowest BCUT2D eigenvalue weighted by molar-refractivity contribution is 0.0933. The van der Waals surface area contributed by atoms with Gasteiger partial charge in [0.2, 0.25) is 10.1 Å². The van der Waals surface area contributed by atoms with Crippen molar-refractivity contribution in [2.45, 2.75) is 19.9 Å². The van der Waals surface area contributed by atoms with E-state index in [1.54, 1.807) is 17.5 Å². The number of fused-ring (bicyclic) bond motifs is 1. The molecule has 5 rings (SSSR count). The first kappa shape index (κ1) is 20.6. The highest BCUT2D eigenvalue weighted by molar-refractivity contribution is 7.20. The topological polar surface area (TPSA) is 149 Å². The van der Waals surface area contributed by atoms with Gasteiger partial charge in [-0.25, -0.2) is 9.97 Å². The maximum absolute atomic E-state index is 12.9. The first-order valence-electron chi connectivity index (χ1n) is 9.99. The molecule has 0 bridgehead atoms. The summed E-state index contributed by atoms with van der Waals surface area (Å²) in [7, 11) is 0. The van der Waals surface area contributed by atoms with E-state index < -0.39 is 11.9 Å². The van der Waals surface area contributed by atoms with Crippen molar-refractivity contribution in [2.75, 3.05) is 11.1 Å². The molecule has 4 aromatic heterocycles. The van der Waals surface area contributed by atoms with Crippen molar-refractivity contribution in [3.63, 3.8) is 0 Å². The van der Waals surface area contributed by atoms with Crippen LogP contribution in [0.4, 0.5) is 16.6 Å². The van der Waals surface area contributed by atoms with E-state index in [2.05, 4.69) is 35.9 Å². The van der Waals surface area contributed by atoms with Gasteiger partial charge in [-0.15, -0.1) is 15.3 Å². The summed E-state index contributed by atoms with van der Waals surface area (Å²) in [6, 6.07) is 9.19. The highest BCUT2D eigenvalue weighted by atomic mass is 32.1. The fourth-order valence-corrected chi connectivity index (χ4v) is 4.01. The van der Waals surface area contributed by atoms with Crippen molar-refractivity contribution in [2.24, 2.45) is 0 Å². The van der Waals surface area contributed by atoms with E-state index in [9.17, 15) is 4.79 Å². The van der Waals surface area contributed by atoms with Gasteiger partial charge in [-0.1, -0.05) is 23.5 Å². The number of rotatable bonds is 6. The molecule has 4 N–H and O–H groups in total. The number of amides is 1. The fourth-order valence-electron chi connectivity index (χ4n) is 3.24. The van der Waals surface area contributed by atoms with Crippen LogP contribution in [0.1, 0.15) is 34.8 Å². The van der Waals surface area contributed by atoms with Crippen LogP contribution in [0.5, 0.6) is 0 Å². The van der Waals surface area contributed by atoms with Crippen LogP contribution in [-0.4, -0.2) is 35.7 Å². The molecule has 1 aromatic carbocycles.